The van der Waals surface area contributed by atoms with Gasteiger partial charge in [0.2, 0.25) is 5.91 Å². The molecule has 0 unspecified atom stereocenters. The Kier molecular flexibility index (Phi) is 6.60. The molecule has 0 saturated carbocycles. The molecule has 0 aromatic heterocycles. The van der Waals surface area contributed by atoms with Gasteiger partial charge in [-0.15, -0.1) is 0 Å². The van der Waals surface area contributed by atoms with Crippen LogP contribution in [0.4, 0.5) is 14.9 Å². The minimum Gasteiger partial charge on any atom is -0.359 e. The standard InChI is InChI=1S/C24H24FN3O3S/c1-16-10-11-17-6-3-5-9-20(17)28(16)15-22(29)26-12-13-27-23(30)21(32-24(27)31)14-18-7-2-4-8-19(18)25/h2-9,14,16H,10-13,15H2,1H3,(H,26,29)/b21-14+/t16-/m0/s1. The quantitative estimate of drug-likeness (QED) is 0.674. The fraction of sp³-hybridized carbons (Fsp3) is 0.292. The van der Waals surface area contributed by atoms with Crippen LogP contribution in [0.1, 0.15) is 24.5 Å². The maximum absolute atomic E-state index is 13.9. The molecule has 3 amide bonds. The number of fused-ring (bicyclic) bond motifs is 1. The normalized spacial score (nSPS) is 19.4. The molecule has 4 rings (SSSR count). The summed E-state index contributed by atoms with van der Waals surface area (Å²) < 4.78 is 13.9. The highest BCUT2D eigenvalue weighted by Crippen LogP contribution is 2.32. The second-order valence-corrected chi connectivity index (χ2v) is 8.84. The summed E-state index contributed by atoms with van der Waals surface area (Å²) in [5.74, 6) is -1.10. The summed E-state index contributed by atoms with van der Waals surface area (Å²) in [5, 5.41) is 2.38. The highest BCUT2D eigenvalue weighted by molar-refractivity contribution is 8.18. The SMILES string of the molecule is C[C@H]1CCc2ccccc2N1CC(=O)NCCN1C(=O)S/C(=C/c2ccccc2F)C1=O. The molecule has 1 fully saturated rings. The smallest absolute Gasteiger partial charge is 0.293 e. The molecule has 0 spiro atoms. The third-order valence-electron chi connectivity index (χ3n) is 5.70. The fourth-order valence-corrected chi connectivity index (χ4v) is 4.80. The Bertz CT molecular complexity index is 1090. The molecular formula is C24H24FN3O3S. The summed E-state index contributed by atoms with van der Waals surface area (Å²) in [6.45, 7) is 2.55. The third-order valence-corrected chi connectivity index (χ3v) is 6.61. The van der Waals surface area contributed by atoms with Crippen LogP contribution in [-0.4, -0.2) is 47.6 Å². The molecule has 1 atom stereocenters. The van der Waals surface area contributed by atoms with E-state index in [1.54, 1.807) is 18.2 Å². The van der Waals surface area contributed by atoms with Crippen LogP contribution in [0.25, 0.3) is 6.08 Å². The van der Waals surface area contributed by atoms with Gasteiger partial charge < -0.3 is 10.2 Å². The molecule has 0 radical (unpaired) electrons. The van der Waals surface area contributed by atoms with Crippen LogP contribution in [0.15, 0.2) is 53.4 Å². The minimum absolute atomic E-state index is 0.0666. The summed E-state index contributed by atoms with van der Waals surface area (Å²) in [4.78, 5) is 40.7. The summed E-state index contributed by atoms with van der Waals surface area (Å²) in [6, 6.07) is 14.4. The molecule has 1 N–H and O–H groups in total. The number of amides is 3. The summed E-state index contributed by atoms with van der Waals surface area (Å²) >= 11 is 0.776. The van der Waals surface area contributed by atoms with Crippen molar-refractivity contribution in [2.75, 3.05) is 24.5 Å². The van der Waals surface area contributed by atoms with Gasteiger partial charge in [0.05, 0.1) is 11.4 Å². The second kappa shape index (κ2) is 9.56. The van der Waals surface area contributed by atoms with E-state index in [-0.39, 0.29) is 42.1 Å². The van der Waals surface area contributed by atoms with Crippen LogP contribution in [-0.2, 0) is 16.0 Å². The molecule has 6 nitrogen and oxygen atoms in total. The van der Waals surface area contributed by atoms with Crippen molar-refractivity contribution in [1.29, 1.82) is 0 Å². The maximum Gasteiger partial charge on any atom is 0.293 e. The highest BCUT2D eigenvalue weighted by atomic mass is 32.2. The number of rotatable bonds is 6. The number of para-hydroxylation sites is 1. The van der Waals surface area contributed by atoms with Gasteiger partial charge >= 0.3 is 0 Å². The van der Waals surface area contributed by atoms with Crippen molar-refractivity contribution in [3.63, 3.8) is 0 Å². The fourth-order valence-electron chi connectivity index (χ4n) is 3.94. The first-order valence-corrected chi connectivity index (χ1v) is 11.4. The lowest BCUT2D eigenvalue weighted by Gasteiger charge is -2.36. The van der Waals surface area contributed by atoms with E-state index in [9.17, 15) is 18.8 Å². The zero-order valence-corrected chi connectivity index (χ0v) is 18.5. The highest BCUT2D eigenvalue weighted by Gasteiger charge is 2.35. The van der Waals surface area contributed by atoms with Gasteiger partial charge in [-0.1, -0.05) is 36.4 Å². The van der Waals surface area contributed by atoms with Crippen molar-refractivity contribution in [1.82, 2.24) is 10.2 Å². The second-order valence-electron chi connectivity index (χ2n) is 7.85. The number of anilines is 1. The van der Waals surface area contributed by atoms with E-state index in [1.165, 1.54) is 17.7 Å². The molecule has 2 aromatic rings. The first kappa shape index (κ1) is 22.1. The number of nitrogens with zero attached hydrogens (tertiary/aromatic N) is 2. The van der Waals surface area contributed by atoms with Crippen LogP contribution in [0.2, 0.25) is 0 Å². The number of hydrogen-bond donors (Lipinski definition) is 1. The van der Waals surface area contributed by atoms with Crippen LogP contribution >= 0.6 is 11.8 Å². The molecule has 2 aromatic carbocycles. The number of imide groups is 1. The molecule has 2 aliphatic heterocycles. The number of carbonyl (C=O) groups excluding carboxylic acids is 3. The average Bonchev–Trinajstić information content (AvgIpc) is 3.04. The minimum atomic E-state index is -0.476. The predicted octanol–water partition coefficient (Wildman–Crippen LogP) is 3.82. The molecule has 1 saturated heterocycles. The van der Waals surface area contributed by atoms with E-state index >= 15 is 0 Å². The largest absolute Gasteiger partial charge is 0.359 e. The molecular weight excluding hydrogens is 429 g/mol. The average molecular weight is 454 g/mol. The number of aryl methyl sites for hydroxylation is 1. The summed E-state index contributed by atoms with van der Waals surface area (Å²) in [7, 11) is 0. The zero-order chi connectivity index (χ0) is 22.7. The Hall–Kier alpha value is -3.13. The summed E-state index contributed by atoms with van der Waals surface area (Å²) in [6.07, 6.45) is 3.36. The van der Waals surface area contributed by atoms with Gasteiger partial charge in [-0.3, -0.25) is 19.3 Å². The molecule has 2 aliphatic rings. The zero-order valence-electron chi connectivity index (χ0n) is 17.7. The lowest BCUT2D eigenvalue weighted by Crippen LogP contribution is -2.46. The van der Waals surface area contributed by atoms with Crippen LogP contribution in [0.5, 0.6) is 0 Å². The van der Waals surface area contributed by atoms with E-state index in [0.717, 1.165) is 35.2 Å². The van der Waals surface area contributed by atoms with Crippen molar-refractivity contribution >= 4 is 40.6 Å². The van der Waals surface area contributed by atoms with Crippen LogP contribution < -0.4 is 10.2 Å². The molecule has 8 heteroatoms. The van der Waals surface area contributed by atoms with Gasteiger partial charge in [0, 0.05) is 30.4 Å². The topological polar surface area (TPSA) is 69.7 Å². The van der Waals surface area contributed by atoms with Gasteiger partial charge in [0.25, 0.3) is 11.1 Å². The van der Waals surface area contributed by atoms with Crippen LogP contribution in [0.3, 0.4) is 0 Å². The predicted molar refractivity (Wildman–Crippen MR) is 124 cm³/mol. The molecule has 0 bridgehead atoms. The first-order chi connectivity index (χ1) is 15.4. The molecule has 0 aliphatic carbocycles. The first-order valence-electron chi connectivity index (χ1n) is 10.5. The third kappa shape index (κ3) is 4.70. The molecule has 32 heavy (non-hydrogen) atoms. The van der Waals surface area contributed by atoms with Gasteiger partial charge in [0.1, 0.15) is 5.82 Å². The maximum atomic E-state index is 13.9. The van der Waals surface area contributed by atoms with Gasteiger partial charge in [0.15, 0.2) is 0 Å². The Morgan fingerprint density at radius 2 is 1.94 bits per heavy atom. The molecule has 2 heterocycles. The van der Waals surface area contributed by atoms with E-state index in [2.05, 4.69) is 23.2 Å². The van der Waals surface area contributed by atoms with Gasteiger partial charge in [-0.05, 0) is 55.3 Å². The Labute approximate surface area is 190 Å². The molecule has 166 valence electrons. The van der Waals surface area contributed by atoms with Crippen molar-refractivity contribution in [3.8, 4) is 0 Å². The van der Waals surface area contributed by atoms with E-state index < -0.39 is 17.0 Å². The Balaban J connectivity index is 1.33. The summed E-state index contributed by atoms with van der Waals surface area (Å²) in [5.41, 5.74) is 2.56. The van der Waals surface area contributed by atoms with E-state index in [1.807, 2.05) is 18.2 Å². The van der Waals surface area contributed by atoms with Crippen molar-refractivity contribution < 1.29 is 18.8 Å². The van der Waals surface area contributed by atoms with Crippen molar-refractivity contribution in [3.05, 3.63) is 70.4 Å². The number of nitrogens with one attached hydrogen (secondary N) is 1. The number of carbonyl (C=O) groups is 3. The number of hydrogen-bond acceptors (Lipinski definition) is 5. The lowest BCUT2D eigenvalue weighted by molar-refractivity contribution is -0.124. The number of benzene rings is 2. The monoisotopic (exact) mass is 453 g/mol. The Morgan fingerprint density at radius 1 is 1.19 bits per heavy atom. The van der Waals surface area contributed by atoms with E-state index in [4.69, 9.17) is 0 Å². The van der Waals surface area contributed by atoms with Gasteiger partial charge in [-0.2, -0.15) is 0 Å². The van der Waals surface area contributed by atoms with Crippen LogP contribution in [0, 0.1) is 5.82 Å². The number of thioether (sulfide) groups is 1. The lowest BCUT2D eigenvalue weighted by atomic mass is 9.97. The Morgan fingerprint density at radius 3 is 2.75 bits per heavy atom. The van der Waals surface area contributed by atoms with Crippen molar-refractivity contribution in [2.45, 2.75) is 25.8 Å². The van der Waals surface area contributed by atoms with Gasteiger partial charge in [-0.25, -0.2) is 4.39 Å². The number of halogens is 1. The van der Waals surface area contributed by atoms with Crippen molar-refractivity contribution in [2.24, 2.45) is 0 Å². The van der Waals surface area contributed by atoms with E-state index in [0.29, 0.717) is 0 Å².